The van der Waals surface area contributed by atoms with Gasteiger partial charge in [-0.15, -0.1) is 0 Å². The molecular formula is C10H10O2. The molecule has 0 radical (unpaired) electrons. The maximum atomic E-state index is 11.0. The lowest BCUT2D eigenvalue weighted by molar-refractivity contribution is -0.137. The molecule has 2 nitrogen and oxygen atoms in total. The van der Waals surface area contributed by atoms with Gasteiger partial charge in [0.05, 0.1) is 0 Å². The zero-order valence-corrected chi connectivity index (χ0v) is 6.75. The number of fused-ring (bicyclic) bond motifs is 1. The molecule has 2 aliphatic carbocycles. The molecule has 0 bridgehead atoms. The highest BCUT2D eigenvalue weighted by Crippen LogP contribution is 2.30. The van der Waals surface area contributed by atoms with Crippen molar-refractivity contribution in [2.45, 2.75) is 19.3 Å². The molecular weight excluding hydrogens is 152 g/mol. The van der Waals surface area contributed by atoms with Crippen LogP contribution in [0.2, 0.25) is 0 Å². The van der Waals surface area contributed by atoms with Crippen molar-refractivity contribution < 1.29 is 9.59 Å². The molecule has 0 N–H and O–H groups in total. The van der Waals surface area contributed by atoms with Crippen LogP contribution < -0.4 is 0 Å². The van der Waals surface area contributed by atoms with E-state index in [0.29, 0.717) is 18.8 Å². The number of ketones is 2. The minimum Gasteiger partial charge on any atom is -0.291 e. The normalized spacial score (nSPS) is 28.3. The summed E-state index contributed by atoms with van der Waals surface area (Å²) in [6.07, 6.45) is 7.69. The molecule has 1 atom stereocenters. The molecule has 2 heteroatoms. The second kappa shape index (κ2) is 2.70. The summed E-state index contributed by atoms with van der Waals surface area (Å²) in [6.45, 7) is 0. The van der Waals surface area contributed by atoms with Crippen LogP contribution in [0.4, 0.5) is 0 Å². The van der Waals surface area contributed by atoms with Gasteiger partial charge in [0.2, 0.25) is 5.78 Å². The number of carbonyl (C=O) groups is 2. The predicted molar refractivity (Wildman–Crippen MR) is 44.6 cm³/mol. The molecule has 0 spiro atoms. The van der Waals surface area contributed by atoms with Crippen molar-refractivity contribution in [3.05, 3.63) is 23.8 Å². The van der Waals surface area contributed by atoms with E-state index in [4.69, 9.17) is 0 Å². The Bertz CT molecular complexity index is 297. The van der Waals surface area contributed by atoms with Crippen molar-refractivity contribution in [3.8, 4) is 0 Å². The standard InChI is InChI=1S/C10H10O2/c11-9-5-7-3-1-2-4-8(7)6-10(9)12/h1-3,8H,4-6H2. The summed E-state index contributed by atoms with van der Waals surface area (Å²) in [7, 11) is 0. The Labute approximate surface area is 71.0 Å². The van der Waals surface area contributed by atoms with Crippen molar-refractivity contribution in [1.29, 1.82) is 0 Å². The van der Waals surface area contributed by atoms with Gasteiger partial charge in [-0.1, -0.05) is 23.8 Å². The summed E-state index contributed by atoms with van der Waals surface area (Å²) >= 11 is 0. The number of allylic oxidation sites excluding steroid dienone is 4. The van der Waals surface area contributed by atoms with Gasteiger partial charge >= 0.3 is 0 Å². The molecule has 0 amide bonds. The quantitative estimate of drug-likeness (QED) is 0.505. The summed E-state index contributed by atoms with van der Waals surface area (Å²) in [4.78, 5) is 22.1. The van der Waals surface area contributed by atoms with Gasteiger partial charge < -0.3 is 0 Å². The van der Waals surface area contributed by atoms with E-state index >= 15 is 0 Å². The highest BCUT2D eigenvalue weighted by Gasteiger charge is 2.29. The molecule has 0 aromatic heterocycles. The number of carbonyl (C=O) groups excluding carboxylic acids is 2. The van der Waals surface area contributed by atoms with Crippen LogP contribution in [0.3, 0.4) is 0 Å². The molecule has 62 valence electrons. The molecule has 1 fully saturated rings. The zero-order chi connectivity index (χ0) is 8.55. The van der Waals surface area contributed by atoms with E-state index in [-0.39, 0.29) is 11.6 Å². The summed E-state index contributed by atoms with van der Waals surface area (Å²) in [5.41, 5.74) is 1.14. The molecule has 1 saturated carbocycles. The fourth-order valence-corrected chi connectivity index (χ4v) is 1.76. The van der Waals surface area contributed by atoms with Crippen LogP contribution in [0.15, 0.2) is 23.8 Å². The largest absolute Gasteiger partial charge is 0.291 e. The fourth-order valence-electron chi connectivity index (χ4n) is 1.76. The first kappa shape index (κ1) is 7.47. The van der Waals surface area contributed by atoms with E-state index in [2.05, 4.69) is 6.08 Å². The van der Waals surface area contributed by atoms with Gasteiger partial charge in [-0.3, -0.25) is 9.59 Å². The Morgan fingerprint density at radius 1 is 1.25 bits per heavy atom. The van der Waals surface area contributed by atoms with E-state index in [9.17, 15) is 9.59 Å². The maximum Gasteiger partial charge on any atom is 0.202 e. The Morgan fingerprint density at radius 2 is 2.08 bits per heavy atom. The predicted octanol–water partition coefficient (Wildman–Crippen LogP) is 1.42. The Morgan fingerprint density at radius 3 is 2.92 bits per heavy atom. The van der Waals surface area contributed by atoms with Crippen LogP contribution in [0.1, 0.15) is 19.3 Å². The van der Waals surface area contributed by atoms with E-state index in [0.717, 1.165) is 12.0 Å². The monoisotopic (exact) mass is 162 g/mol. The zero-order valence-electron chi connectivity index (χ0n) is 6.75. The number of Topliss-reactive ketones (excluding diaryl/α,β-unsaturated/α-hetero) is 2. The molecule has 0 aliphatic heterocycles. The number of hydrogen-bond acceptors (Lipinski definition) is 2. The molecule has 2 aliphatic rings. The molecule has 0 saturated heterocycles. The van der Waals surface area contributed by atoms with Crippen LogP contribution in [-0.4, -0.2) is 11.6 Å². The molecule has 0 aromatic rings. The first-order chi connectivity index (χ1) is 5.77. The average molecular weight is 162 g/mol. The third kappa shape index (κ3) is 1.13. The Hall–Kier alpha value is -1.18. The lowest BCUT2D eigenvalue weighted by Crippen LogP contribution is -2.27. The Kier molecular flexibility index (Phi) is 1.68. The summed E-state index contributed by atoms with van der Waals surface area (Å²) in [6, 6.07) is 0. The lowest BCUT2D eigenvalue weighted by Gasteiger charge is -2.24. The van der Waals surface area contributed by atoms with Gasteiger partial charge in [0, 0.05) is 12.8 Å². The van der Waals surface area contributed by atoms with Gasteiger partial charge in [-0.25, -0.2) is 0 Å². The average Bonchev–Trinajstić information content (AvgIpc) is 2.07. The summed E-state index contributed by atoms with van der Waals surface area (Å²) < 4.78 is 0. The highest BCUT2D eigenvalue weighted by atomic mass is 16.2. The molecule has 12 heavy (non-hydrogen) atoms. The van der Waals surface area contributed by atoms with Gasteiger partial charge in [0.1, 0.15) is 0 Å². The van der Waals surface area contributed by atoms with Gasteiger partial charge in [0.15, 0.2) is 5.78 Å². The number of hydrogen-bond donors (Lipinski definition) is 0. The van der Waals surface area contributed by atoms with Crippen molar-refractivity contribution in [2.24, 2.45) is 5.92 Å². The Balaban J connectivity index is 2.25. The van der Waals surface area contributed by atoms with Crippen LogP contribution in [0, 0.1) is 5.92 Å². The lowest BCUT2D eigenvalue weighted by atomic mass is 9.79. The van der Waals surface area contributed by atoms with Gasteiger partial charge in [0.25, 0.3) is 0 Å². The topological polar surface area (TPSA) is 34.1 Å². The maximum absolute atomic E-state index is 11.0. The molecule has 0 heterocycles. The summed E-state index contributed by atoms with van der Waals surface area (Å²) in [5, 5.41) is 0. The van der Waals surface area contributed by atoms with Crippen molar-refractivity contribution in [1.82, 2.24) is 0 Å². The first-order valence-corrected chi connectivity index (χ1v) is 4.19. The molecule has 0 aromatic carbocycles. The second-order valence-corrected chi connectivity index (χ2v) is 3.33. The van der Waals surface area contributed by atoms with E-state index in [1.165, 1.54) is 0 Å². The van der Waals surface area contributed by atoms with Crippen LogP contribution in [0.25, 0.3) is 0 Å². The fraction of sp³-hybridized carbons (Fsp3) is 0.400. The molecule has 2 rings (SSSR count). The first-order valence-electron chi connectivity index (χ1n) is 4.19. The second-order valence-electron chi connectivity index (χ2n) is 3.33. The van der Waals surface area contributed by atoms with Crippen LogP contribution in [0.5, 0.6) is 0 Å². The van der Waals surface area contributed by atoms with E-state index in [1.807, 2.05) is 12.2 Å². The van der Waals surface area contributed by atoms with E-state index in [1.54, 1.807) is 0 Å². The third-order valence-electron chi connectivity index (χ3n) is 2.50. The van der Waals surface area contributed by atoms with Crippen LogP contribution >= 0.6 is 0 Å². The van der Waals surface area contributed by atoms with Crippen molar-refractivity contribution >= 4 is 11.6 Å². The molecule has 1 unspecified atom stereocenters. The van der Waals surface area contributed by atoms with Gasteiger partial charge in [-0.2, -0.15) is 0 Å². The third-order valence-corrected chi connectivity index (χ3v) is 2.50. The highest BCUT2D eigenvalue weighted by molar-refractivity contribution is 6.38. The van der Waals surface area contributed by atoms with E-state index < -0.39 is 0 Å². The number of rotatable bonds is 0. The minimum absolute atomic E-state index is 0.188. The smallest absolute Gasteiger partial charge is 0.202 e. The SMILES string of the molecule is O=C1CC2=CC=CCC2CC1=O. The van der Waals surface area contributed by atoms with Crippen molar-refractivity contribution in [2.75, 3.05) is 0 Å². The van der Waals surface area contributed by atoms with Crippen LogP contribution in [-0.2, 0) is 9.59 Å². The van der Waals surface area contributed by atoms with Gasteiger partial charge in [-0.05, 0) is 12.3 Å². The van der Waals surface area contributed by atoms with Crippen molar-refractivity contribution in [3.63, 3.8) is 0 Å². The summed E-state index contributed by atoms with van der Waals surface area (Å²) in [5.74, 6) is -0.0829. The minimum atomic E-state index is -0.215.